The van der Waals surface area contributed by atoms with Gasteiger partial charge < -0.3 is 19.4 Å². The van der Waals surface area contributed by atoms with Crippen LogP contribution in [0.25, 0.3) is 11.1 Å². The second-order valence-corrected chi connectivity index (χ2v) is 7.24. The molecule has 1 aliphatic rings. The molecule has 1 aromatic carbocycles. The van der Waals surface area contributed by atoms with Crippen LogP contribution in [0.5, 0.6) is 0 Å². The fourth-order valence-electron chi connectivity index (χ4n) is 3.72. The van der Waals surface area contributed by atoms with E-state index < -0.39 is 0 Å². The lowest BCUT2D eigenvalue weighted by molar-refractivity contribution is 0.102. The van der Waals surface area contributed by atoms with Gasteiger partial charge in [-0.2, -0.15) is 4.98 Å². The van der Waals surface area contributed by atoms with Crippen molar-refractivity contribution in [2.24, 2.45) is 0 Å². The number of carbonyl (C=O) groups is 1. The van der Waals surface area contributed by atoms with Gasteiger partial charge in [-0.3, -0.25) is 4.79 Å². The van der Waals surface area contributed by atoms with Crippen molar-refractivity contribution >= 4 is 28.5 Å². The van der Waals surface area contributed by atoms with Gasteiger partial charge in [0.15, 0.2) is 0 Å². The molecule has 0 atom stereocenters. The first-order valence-electron chi connectivity index (χ1n) is 9.42. The standard InChI is InChI=1S/C21H24N4O3/c1-12-9-13(2)11-16(10-12)24-20(26)17-14(3)28-21-18(17)19(22-15(4)23-21)25-5-7-27-8-6-25/h9-11H,5-8H2,1-4H3,(H,24,26). The molecule has 1 saturated heterocycles. The van der Waals surface area contributed by atoms with Crippen LogP contribution < -0.4 is 10.2 Å². The van der Waals surface area contributed by atoms with E-state index in [1.165, 1.54) is 0 Å². The number of nitrogens with one attached hydrogen (secondary N) is 1. The van der Waals surface area contributed by atoms with Crippen molar-refractivity contribution in [2.45, 2.75) is 27.7 Å². The molecule has 2 aromatic heterocycles. The van der Waals surface area contributed by atoms with Gasteiger partial charge in [-0.05, 0) is 51.0 Å². The molecule has 1 aliphatic heterocycles. The van der Waals surface area contributed by atoms with Gasteiger partial charge in [0.25, 0.3) is 5.91 Å². The molecule has 4 rings (SSSR count). The monoisotopic (exact) mass is 380 g/mol. The summed E-state index contributed by atoms with van der Waals surface area (Å²) in [6, 6.07) is 5.97. The van der Waals surface area contributed by atoms with Crippen molar-refractivity contribution in [2.75, 3.05) is 36.5 Å². The van der Waals surface area contributed by atoms with Crippen molar-refractivity contribution in [3.8, 4) is 0 Å². The number of rotatable bonds is 3. The minimum atomic E-state index is -0.219. The first kappa shape index (κ1) is 18.4. The maximum Gasteiger partial charge on any atom is 0.260 e. The summed E-state index contributed by atoms with van der Waals surface area (Å²) in [5.74, 6) is 1.66. The van der Waals surface area contributed by atoms with Crippen molar-refractivity contribution < 1.29 is 13.9 Å². The third kappa shape index (κ3) is 3.45. The average molecular weight is 380 g/mol. The number of morpholine rings is 1. The normalized spacial score (nSPS) is 14.5. The third-order valence-electron chi connectivity index (χ3n) is 4.84. The van der Waals surface area contributed by atoms with Crippen LogP contribution in [0.1, 0.15) is 33.1 Å². The molecule has 0 aliphatic carbocycles. The number of amides is 1. The molecule has 1 amide bonds. The largest absolute Gasteiger partial charge is 0.442 e. The van der Waals surface area contributed by atoms with Crippen LogP contribution in [0.2, 0.25) is 0 Å². The Balaban J connectivity index is 1.79. The Hall–Kier alpha value is -2.93. The fraction of sp³-hybridized carbons (Fsp3) is 0.381. The van der Waals surface area contributed by atoms with Crippen LogP contribution in [0.4, 0.5) is 11.5 Å². The van der Waals surface area contributed by atoms with E-state index in [9.17, 15) is 4.79 Å². The number of fused-ring (bicyclic) bond motifs is 1. The summed E-state index contributed by atoms with van der Waals surface area (Å²) >= 11 is 0. The van der Waals surface area contributed by atoms with Gasteiger partial charge >= 0.3 is 0 Å². The van der Waals surface area contributed by atoms with Crippen molar-refractivity contribution in [3.05, 3.63) is 46.5 Å². The Morgan fingerprint density at radius 3 is 2.39 bits per heavy atom. The van der Waals surface area contributed by atoms with Crippen LogP contribution >= 0.6 is 0 Å². The van der Waals surface area contributed by atoms with E-state index in [2.05, 4.69) is 26.3 Å². The number of carbonyl (C=O) groups excluding carboxylic acids is 1. The molecule has 3 heterocycles. The highest BCUT2D eigenvalue weighted by molar-refractivity contribution is 6.15. The Kier molecular flexibility index (Phi) is 4.77. The van der Waals surface area contributed by atoms with E-state index in [-0.39, 0.29) is 5.91 Å². The molecule has 0 radical (unpaired) electrons. The van der Waals surface area contributed by atoms with Gasteiger partial charge in [0.05, 0.1) is 24.2 Å². The zero-order valence-corrected chi connectivity index (χ0v) is 16.6. The molecule has 1 fully saturated rings. The minimum Gasteiger partial charge on any atom is -0.442 e. The van der Waals surface area contributed by atoms with Gasteiger partial charge in [-0.15, -0.1) is 0 Å². The zero-order chi connectivity index (χ0) is 19.8. The van der Waals surface area contributed by atoms with E-state index >= 15 is 0 Å². The molecule has 7 nitrogen and oxygen atoms in total. The number of aromatic nitrogens is 2. The van der Waals surface area contributed by atoms with Gasteiger partial charge in [0.1, 0.15) is 17.4 Å². The second kappa shape index (κ2) is 7.24. The van der Waals surface area contributed by atoms with Crippen molar-refractivity contribution in [3.63, 3.8) is 0 Å². The van der Waals surface area contributed by atoms with Crippen LogP contribution in [0, 0.1) is 27.7 Å². The molecule has 146 valence electrons. The van der Waals surface area contributed by atoms with Gasteiger partial charge in [-0.1, -0.05) is 6.07 Å². The first-order valence-corrected chi connectivity index (χ1v) is 9.42. The summed E-state index contributed by atoms with van der Waals surface area (Å²) in [4.78, 5) is 24.4. The summed E-state index contributed by atoms with van der Waals surface area (Å²) in [5.41, 5.74) is 3.87. The van der Waals surface area contributed by atoms with E-state index in [1.807, 2.05) is 32.9 Å². The van der Waals surface area contributed by atoms with Gasteiger partial charge in [-0.25, -0.2) is 4.98 Å². The SMILES string of the molecule is Cc1cc(C)cc(NC(=O)c2c(C)oc3nc(C)nc(N4CCOCC4)c23)c1. The number of hydrogen-bond acceptors (Lipinski definition) is 6. The van der Waals surface area contributed by atoms with Gasteiger partial charge in [0.2, 0.25) is 5.71 Å². The molecule has 0 saturated carbocycles. The van der Waals surface area contributed by atoms with E-state index in [1.54, 1.807) is 6.92 Å². The summed E-state index contributed by atoms with van der Waals surface area (Å²) in [6.07, 6.45) is 0. The summed E-state index contributed by atoms with van der Waals surface area (Å²) in [6.45, 7) is 10.3. The van der Waals surface area contributed by atoms with Crippen molar-refractivity contribution in [1.29, 1.82) is 0 Å². The molecule has 0 spiro atoms. The fourth-order valence-corrected chi connectivity index (χ4v) is 3.72. The number of anilines is 2. The molecule has 28 heavy (non-hydrogen) atoms. The predicted octanol–water partition coefficient (Wildman–Crippen LogP) is 3.55. The molecular formula is C21H24N4O3. The van der Waals surface area contributed by atoms with E-state index in [0.29, 0.717) is 54.6 Å². The Morgan fingerprint density at radius 2 is 1.71 bits per heavy atom. The molecule has 3 aromatic rings. The molecule has 0 bridgehead atoms. The van der Waals surface area contributed by atoms with Crippen LogP contribution in [0.15, 0.2) is 22.6 Å². The number of benzene rings is 1. The summed E-state index contributed by atoms with van der Waals surface area (Å²) < 4.78 is 11.3. The molecule has 1 N–H and O–H groups in total. The number of hydrogen-bond donors (Lipinski definition) is 1. The van der Waals surface area contributed by atoms with Gasteiger partial charge in [0, 0.05) is 18.8 Å². The number of nitrogens with zero attached hydrogens (tertiary/aromatic N) is 3. The van der Waals surface area contributed by atoms with E-state index in [4.69, 9.17) is 9.15 Å². The topological polar surface area (TPSA) is 80.5 Å². The summed E-state index contributed by atoms with van der Waals surface area (Å²) in [5, 5.41) is 3.67. The quantitative estimate of drug-likeness (QED) is 0.748. The number of aryl methyl sites for hydroxylation is 4. The van der Waals surface area contributed by atoms with Crippen LogP contribution in [0.3, 0.4) is 0 Å². The molecular weight excluding hydrogens is 356 g/mol. The Labute approximate surface area is 163 Å². The second-order valence-electron chi connectivity index (χ2n) is 7.24. The van der Waals surface area contributed by atoms with Crippen LogP contribution in [-0.2, 0) is 4.74 Å². The lowest BCUT2D eigenvalue weighted by Gasteiger charge is -2.28. The summed E-state index contributed by atoms with van der Waals surface area (Å²) in [7, 11) is 0. The highest BCUT2D eigenvalue weighted by atomic mass is 16.5. The smallest absolute Gasteiger partial charge is 0.260 e. The first-order chi connectivity index (χ1) is 13.4. The van der Waals surface area contributed by atoms with Crippen LogP contribution in [-0.4, -0.2) is 42.2 Å². The Morgan fingerprint density at radius 1 is 1.04 bits per heavy atom. The predicted molar refractivity (Wildman–Crippen MR) is 108 cm³/mol. The lowest BCUT2D eigenvalue weighted by atomic mass is 10.1. The minimum absolute atomic E-state index is 0.219. The highest BCUT2D eigenvalue weighted by Crippen LogP contribution is 2.33. The number of ether oxygens (including phenoxy) is 1. The molecule has 0 unspecified atom stereocenters. The maximum atomic E-state index is 13.2. The highest BCUT2D eigenvalue weighted by Gasteiger charge is 2.26. The van der Waals surface area contributed by atoms with E-state index in [0.717, 1.165) is 22.6 Å². The lowest BCUT2D eigenvalue weighted by Crippen LogP contribution is -2.37. The number of furan rings is 1. The third-order valence-corrected chi connectivity index (χ3v) is 4.84. The average Bonchev–Trinajstić information content (AvgIpc) is 2.96. The molecule has 7 heteroatoms. The van der Waals surface area contributed by atoms with Crippen molar-refractivity contribution in [1.82, 2.24) is 9.97 Å². The Bertz CT molecular complexity index is 1030. The zero-order valence-electron chi connectivity index (χ0n) is 16.6. The maximum absolute atomic E-state index is 13.2.